The fraction of sp³-hybridized carbons (Fsp3) is 0.167. The Kier molecular flexibility index (Phi) is 2.81. The molecule has 0 spiro atoms. The smallest absolute Gasteiger partial charge is 0.148 e. The van der Waals surface area contributed by atoms with Crippen LogP contribution in [0.2, 0.25) is 0 Å². The molecule has 0 fully saturated rings. The molecule has 2 aromatic rings. The Morgan fingerprint density at radius 1 is 1.12 bits per heavy atom. The number of hydrogen-bond acceptors (Lipinski definition) is 3. The molecule has 3 nitrogen and oxygen atoms in total. The summed E-state index contributed by atoms with van der Waals surface area (Å²) in [7, 11) is 1.78. The topological polar surface area (TPSA) is 37.8 Å². The van der Waals surface area contributed by atoms with Crippen molar-refractivity contribution in [1.82, 2.24) is 10.2 Å². The van der Waals surface area contributed by atoms with Crippen molar-refractivity contribution in [3.05, 3.63) is 41.7 Å². The van der Waals surface area contributed by atoms with Crippen molar-refractivity contribution in [3.63, 3.8) is 0 Å². The Labute approximate surface area is 93.3 Å². The molecule has 0 aliphatic heterocycles. The van der Waals surface area contributed by atoms with Gasteiger partial charge in [-0.15, -0.1) is 10.2 Å². The first-order valence-corrected chi connectivity index (χ1v) is 4.98. The first-order chi connectivity index (χ1) is 7.70. The molecule has 0 saturated carbocycles. The molecule has 0 bridgehead atoms. The third-order valence-electron chi connectivity index (χ3n) is 2.39. The van der Waals surface area contributed by atoms with Crippen LogP contribution in [0.4, 0.5) is 10.2 Å². The molecule has 4 heteroatoms. The molecule has 1 N–H and O–H groups in total. The van der Waals surface area contributed by atoms with E-state index in [-0.39, 0.29) is 5.82 Å². The summed E-state index contributed by atoms with van der Waals surface area (Å²) in [4.78, 5) is 0. The van der Waals surface area contributed by atoms with Gasteiger partial charge in [-0.1, -0.05) is 0 Å². The first-order valence-electron chi connectivity index (χ1n) is 4.98. The number of nitrogens with one attached hydrogen (secondary N) is 1. The number of halogens is 1. The van der Waals surface area contributed by atoms with Crippen molar-refractivity contribution < 1.29 is 4.39 Å². The van der Waals surface area contributed by atoms with E-state index in [0.717, 1.165) is 16.8 Å². The zero-order valence-electron chi connectivity index (χ0n) is 9.16. The predicted molar refractivity (Wildman–Crippen MR) is 61.7 cm³/mol. The normalized spacial score (nSPS) is 10.2. The molecule has 0 aliphatic rings. The number of aromatic nitrogens is 2. The fourth-order valence-corrected chi connectivity index (χ4v) is 1.52. The lowest BCUT2D eigenvalue weighted by Crippen LogP contribution is -1.96. The summed E-state index contributed by atoms with van der Waals surface area (Å²) >= 11 is 0. The lowest BCUT2D eigenvalue weighted by Gasteiger charge is -2.05. The highest BCUT2D eigenvalue weighted by Gasteiger charge is 2.04. The Morgan fingerprint density at radius 3 is 2.50 bits per heavy atom. The second kappa shape index (κ2) is 4.26. The van der Waals surface area contributed by atoms with Gasteiger partial charge < -0.3 is 5.32 Å². The maximum Gasteiger partial charge on any atom is 0.148 e. The van der Waals surface area contributed by atoms with Gasteiger partial charge in [0.1, 0.15) is 11.6 Å². The van der Waals surface area contributed by atoms with Gasteiger partial charge in [0.15, 0.2) is 0 Å². The van der Waals surface area contributed by atoms with E-state index in [1.807, 2.05) is 19.1 Å². The summed E-state index contributed by atoms with van der Waals surface area (Å²) in [5.41, 5.74) is 2.50. The summed E-state index contributed by atoms with van der Waals surface area (Å²) in [6.07, 6.45) is 0. The van der Waals surface area contributed by atoms with Gasteiger partial charge in [0.25, 0.3) is 0 Å². The van der Waals surface area contributed by atoms with E-state index in [4.69, 9.17) is 0 Å². The fourth-order valence-electron chi connectivity index (χ4n) is 1.52. The van der Waals surface area contributed by atoms with Gasteiger partial charge >= 0.3 is 0 Å². The van der Waals surface area contributed by atoms with E-state index in [9.17, 15) is 4.39 Å². The predicted octanol–water partition coefficient (Wildman–Crippen LogP) is 2.63. The number of hydrogen-bond donors (Lipinski definition) is 1. The third-order valence-corrected chi connectivity index (χ3v) is 2.39. The van der Waals surface area contributed by atoms with Gasteiger partial charge in [-0.2, -0.15) is 0 Å². The SMILES string of the molecule is CNc1ccc(-c2ccc(F)cc2C)nn1. The maximum atomic E-state index is 12.9. The van der Waals surface area contributed by atoms with Crippen LogP contribution in [0.25, 0.3) is 11.3 Å². The number of benzene rings is 1. The van der Waals surface area contributed by atoms with E-state index in [1.54, 1.807) is 13.1 Å². The third kappa shape index (κ3) is 2.00. The van der Waals surface area contributed by atoms with Crippen LogP contribution in [0.5, 0.6) is 0 Å². The quantitative estimate of drug-likeness (QED) is 0.840. The second-order valence-corrected chi connectivity index (χ2v) is 3.51. The van der Waals surface area contributed by atoms with Crippen LogP contribution in [0.3, 0.4) is 0 Å². The number of rotatable bonds is 2. The van der Waals surface area contributed by atoms with E-state index in [1.165, 1.54) is 12.1 Å². The molecular weight excluding hydrogens is 205 g/mol. The molecule has 0 amide bonds. The van der Waals surface area contributed by atoms with Crippen LogP contribution in [0, 0.1) is 12.7 Å². The minimum absolute atomic E-state index is 0.235. The van der Waals surface area contributed by atoms with Crippen molar-refractivity contribution in [1.29, 1.82) is 0 Å². The van der Waals surface area contributed by atoms with E-state index >= 15 is 0 Å². The van der Waals surface area contributed by atoms with Gasteiger partial charge in [-0.3, -0.25) is 0 Å². The van der Waals surface area contributed by atoms with Gasteiger partial charge in [0.2, 0.25) is 0 Å². The van der Waals surface area contributed by atoms with Gasteiger partial charge in [-0.05, 0) is 42.8 Å². The van der Waals surface area contributed by atoms with Gasteiger partial charge in [0.05, 0.1) is 5.69 Å². The number of nitrogens with zero attached hydrogens (tertiary/aromatic N) is 2. The minimum atomic E-state index is -0.235. The minimum Gasteiger partial charge on any atom is -0.372 e. The second-order valence-electron chi connectivity index (χ2n) is 3.51. The summed E-state index contributed by atoms with van der Waals surface area (Å²) in [6.45, 7) is 1.85. The van der Waals surface area contributed by atoms with E-state index in [2.05, 4.69) is 15.5 Å². The molecule has 1 aromatic carbocycles. The van der Waals surface area contributed by atoms with Crippen molar-refractivity contribution in [2.45, 2.75) is 6.92 Å². The van der Waals surface area contributed by atoms with E-state index in [0.29, 0.717) is 5.82 Å². The molecule has 0 aliphatic carbocycles. The highest BCUT2D eigenvalue weighted by molar-refractivity contribution is 5.63. The van der Waals surface area contributed by atoms with Crippen molar-refractivity contribution in [2.24, 2.45) is 0 Å². The lowest BCUT2D eigenvalue weighted by molar-refractivity contribution is 0.627. The Hall–Kier alpha value is -1.97. The highest BCUT2D eigenvalue weighted by atomic mass is 19.1. The molecule has 2 rings (SSSR count). The van der Waals surface area contributed by atoms with Gasteiger partial charge in [-0.25, -0.2) is 4.39 Å². The van der Waals surface area contributed by atoms with Crippen molar-refractivity contribution in [2.75, 3.05) is 12.4 Å². The van der Waals surface area contributed by atoms with Crippen LogP contribution in [0.15, 0.2) is 30.3 Å². The molecule has 0 atom stereocenters. The molecule has 0 unspecified atom stereocenters. The lowest BCUT2D eigenvalue weighted by atomic mass is 10.1. The first kappa shape index (κ1) is 10.5. The molecule has 82 valence electrons. The molecule has 0 radical (unpaired) electrons. The highest BCUT2D eigenvalue weighted by Crippen LogP contribution is 2.21. The van der Waals surface area contributed by atoms with E-state index < -0.39 is 0 Å². The summed E-state index contributed by atoms with van der Waals surface area (Å²) in [6, 6.07) is 8.33. The molecular formula is C12H12FN3. The molecule has 16 heavy (non-hydrogen) atoms. The zero-order chi connectivity index (χ0) is 11.5. The van der Waals surface area contributed by atoms with Crippen LogP contribution in [-0.4, -0.2) is 17.2 Å². The summed E-state index contributed by atoms with van der Waals surface area (Å²) in [5, 5.41) is 11.0. The number of aryl methyl sites for hydroxylation is 1. The number of anilines is 1. The van der Waals surface area contributed by atoms with Crippen LogP contribution in [0.1, 0.15) is 5.56 Å². The average molecular weight is 217 g/mol. The molecule has 1 heterocycles. The largest absolute Gasteiger partial charge is 0.372 e. The molecule has 1 aromatic heterocycles. The van der Waals surface area contributed by atoms with Crippen LogP contribution >= 0.6 is 0 Å². The Morgan fingerprint density at radius 2 is 1.94 bits per heavy atom. The summed E-state index contributed by atoms with van der Waals surface area (Å²) in [5.74, 6) is 0.476. The Bertz CT molecular complexity index is 494. The average Bonchev–Trinajstić information content (AvgIpc) is 2.29. The Balaban J connectivity index is 2.42. The monoisotopic (exact) mass is 217 g/mol. The zero-order valence-corrected chi connectivity index (χ0v) is 9.16. The molecule has 0 saturated heterocycles. The maximum absolute atomic E-state index is 12.9. The van der Waals surface area contributed by atoms with Crippen LogP contribution < -0.4 is 5.32 Å². The van der Waals surface area contributed by atoms with Crippen molar-refractivity contribution >= 4 is 5.82 Å². The standard InChI is InChI=1S/C12H12FN3/c1-8-7-9(13)3-4-10(8)11-5-6-12(14-2)16-15-11/h3-7H,1-2H3,(H,14,16). The summed E-state index contributed by atoms with van der Waals surface area (Å²) < 4.78 is 12.9. The van der Waals surface area contributed by atoms with Crippen LogP contribution in [-0.2, 0) is 0 Å². The van der Waals surface area contributed by atoms with Gasteiger partial charge in [0, 0.05) is 12.6 Å². The van der Waals surface area contributed by atoms with Crippen molar-refractivity contribution in [3.8, 4) is 11.3 Å².